The Morgan fingerprint density at radius 2 is 1.65 bits per heavy atom. The lowest BCUT2D eigenvalue weighted by Gasteiger charge is -2.08. The van der Waals surface area contributed by atoms with Gasteiger partial charge in [0.1, 0.15) is 5.56 Å². The van der Waals surface area contributed by atoms with E-state index < -0.39 is 0 Å². The van der Waals surface area contributed by atoms with E-state index >= 15 is 0 Å². The Balaban J connectivity index is 2.82. The first-order valence-electron chi connectivity index (χ1n) is 5.46. The summed E-state index contributed by atoms with van der Waals surface area (Å²) < 4.78 is 6.28. The van der Waals surface area contributed by atoms with Crippen LogP contribution in [0.15, 0.2) is 21.5 Å². The molecule has 0 radical (unpaired) electrons. The van der Waals surface area contributed by atoms with E-state index in [1.165, 1.54) is 5.56 Å². The summed E-state index contributed by atoms with van der Waals surface area (Å²) in [6, 6.07) is 4.07. The highest BCUT2D eigenvalue weighted by molar-refractivity contribution is 5.77. The van der Waals surface area contributed by atoms with Crippen LogP contribution in [0.2, 0.25) is 0 Å². The third-order valence-corrected chi connectivity index (χ3v) is 2.91. The Kier molecular flexibility index (Phi) is 2.58. The second kappa shape index (κ2) is 3.80. The van der Waals surface area contributed by atoms with Crippen molar-refractivity contribution in [3.8, 4) is 11.1 Å². The summed E-state index contributed by atoms with van der Waals surface area (Å²) in [5.74, 6) is 0.174. The van der Waals surface area contributed by atoms with Gasteiger partial charge in [-0.1, -0.05) is 17.7 Å². The molecule has 0 bridgehead atoms. The molecule has 0 fully saturated rings. The summed E-state index contributed by atoms with van der Waals surface area (Å²) in [4.78, 5) is 12.0. The van der Waals surface area contributed by atoms with E-state index in [0.717, 1.165) is 21.4 Å². The predicted molar refractivity (Wildman–Crippen MR) is 68.0 cm³/mol. The third kappa shape index (κ3) is 1.75. The van der Waals surface area contributed by atoms with Gasteiger partial charge in [0.15, 0.2) is 0 Å². The second-order valence-electron chi connectivity index (χ2n) is 4.41. The molecule has 0 aliphatic carbocycles. The molecule has 4 heteroatoms. The first-order valence-corrected chi connectivity index (χ1v) is 5.46. The second-order valence-corrected chi connectivity index (χ2v) is 4.41. The molecule has 1 aromatic heterocycles. The van der Waals surface area contributed by atoms with Crippen molar-refractivity contribution in [3.05, 3.63) is 39.2 Å². The maximum atomic E-state index is 12.0. The van der Waals surface area contributed by atoms with Crippen molar-refractivity contribution < 1.29 is 4.52 Å². The minimum atomic E-state index is -0.197. The van der Waals surface area contributed by atoms with Gasteiger partial charge in [0, 0.05) is 7.05 Å². The monoisotopic (exact) mass is 232 g/mol. The molecule has 0 unspecified atom stereocenters. The predicted octanol–water partition coefficient (Wildman–Crippen LogP) is 2.15. The number of benzene rings is 1. The number of rotatable bonds is 1. The molecule has 0 spiro atoms. The minimum Gasteiger partial charge on any atom is -0.367 e. The molecule has 2 N–H and O–H groups in total. The van der Waals surface area contributed by atoms with E-state index in [0.29, 0.717) is 5.56 Å². The van der Waals surface area contributed by atoms with Crippen LogP contribution in [0.1, 0.15) is 16.7 Å². The van der Waals surface area contributed by atoms with E-state index in [1.54, 1.807) is 7.05 Å². The zero-order valence-electron chi connectivity index (χ0n) is 10.5. The molecule has 0 amide bonds. The van der Waals surface area contributed by atoms with Gasteiger partial charge < -0.3 is 10.3 Å². The average Bonchev–Trinajstić information content (AvgIpc) is 2.43. The van der Waals surface area contributed by atoms with Crippen molar-refractivity contribution in [2.24, 2.45) is 7.05 Å². The number of nitrogens with zero attached hydrogens (tertiary/aromatic N) is 1. The maximum absolute atomic E-state index is 12.0. The van der Waals surface area contributed by atoms with E-state index in [1.807, 2.05) is 32.9 Å². The highest BCUT2D eigenvalue weighted by Gasteiger charge is 2.18. The third-order valence-electron chi connectivity index (χ3n) is 2.91. The van der Waals surface area contributed by atoms with Gasteiger partial charge in [0.05, 0.1) is 0 Å². The smallest absolute Gasteiger partial charge is 0.292 e. The van der Waals surface area contributed by atoms with E-state index in [9.17, 15) is 4.79 Å². The molecule has 17 heavy (non-hydrogen) atoms. The van der Waals surface area contributed by atoms with E-state index in [4.69, 9.17) is 10.3 Å². The number of hydrogen-bond acceptors (Lipinski definition) is 3. The van der Waals surface area contributed by atoms with E-state index in [2.05, 4.69) is 0 Å². The van der Waals surface area contributed by atoms with Crippen LogP contribution >= 0.6 is 0 Å². The lowest BCUT2D eigenvalue weighted by molar-refractivity contribution is 0.310. The molecular weight excluding hydrogens is 216 g/mol. The number of hydrogen-bond donors (Lipinski definition) is 1. The molecule has 0 saturated heterocycles. The lowest BCUT2D eigenvalue weighted by atomic mass is 9.95. The molecule has 0 aliphatic rings. The number of nitrogens with two attached hydrogens (primary N) is 1. The zero-order valence-corrected chi connectivity index (χ0v) is 10.5. The average molecular weight is 232 g/mol. The van der Waals surface area contributed by atoms with Gasteiger partial charge >= 0.3 is 0 Å². The molecule has 1 heterocycles. The van der Waals surface area contributed by atoms with Gasteiger partial charge in [0.2, 0.25) is 5.88 Å². The Bertz CT molecular complexity index is 612. The van der Waals surface area contributed by atoms with Gasteiger partial charge in [-0.05, 0) is 37.5 Å². The van der Waals surface area contributed by atoms with Crippen LogP contribution in [0.25, 0.3) is 11.1 Å². The molecule has 2 aromatic rings. The Morgan fingerprint density at radius 1 is 1.12 bits per heavy atom. The van der Waals surface area contributed by atoms with Crippen LogP contribution in [0.5, 0.6) is 0 Å². The van der Waals surface area contributed by atoms with Crippen molar-refractivity contribution in [2.75, 3.05) is 5.73 Å². The summed E-state index contributed by atoms with van der Waals surface area (Å²) in [5, 5.41) is 0. The summed E-state index contributed by atoms with van der Waals surface area (Å²) in [6.45, 7) is 5.98. The number of aryl methyl sites for hydroxylation is 4. The van der Waals surface area contributed by atoms with Crippen LogP contribution in [0, 0.1) is 20.8 Å². The first kappa shape index (κ1) is 11.5. The SMILES string of the molecule is Cc1cc(C)c(-c2c(N)on(C)c2=O)c(C)c1. The van der Waals surface area contributed by atoms with Crippen LogP contribution in [0.4, 0.5) is 5.88 Å². The molecule has 0 saturated carbocycles. The highest BCUT2D eigenvalue weighted by Crippen LogP contribution is 2.30. The van der Waals surface area contributed by atoms with Gasteiger partial charge in [-0.3, -0.25) is 4.79 Å². The maximum Gasteiger partial charge on any atom is 0.292 e. The molecule has 1 aromatic carbocycles. The standard InChI is InChI=1S/C13H16N2O2/c1-7-5-8(2)10(9(3)6-7)11-12(14)17-15(4)13(11)16/h5-6H,14H2,1-4H3. The van der Waals surface area contributed by atoms with Crippen LogP contribution in [0.3, 0.4) is 0 Å². The van der Waals surface area contributed by atoms with Gasteiger partial charge in [-0.2, -0.15) is 4.74 Å². The molecule has 0 atom stereocenters. The quantitative estimate of drug-likeness (QED) is 0.819. The van der Waals surface area contributed by atoms with Crippen LogP contribution in [-0.4, -0.2) is 4.74 Å². The van der Waals surface area contributed by atoms with Crippen molar-refractivity contribution >= 4 is 5.88 Å². The van der Waals surface area contributed by atoms with Gasteiger partial charge in [-0.25, -0.2) is 0 Å². The molecule has 2 rings (SSSR count). The molecule has 4 nitrogen and oxygen atoms in total. The summed E-state index contributed by atoms with van der Waals surface area (Å²) in [5.41, 5.74) is 10.1. The van der Waals surface area contributed by atoms with Gasteiger partial charge in [0.25, 0.3) is 5.56 Å². The fraction of sp³-hybridized carbons (Fsp3) is 0.308. The normalized spacial score (nSPS) is 10.8. The van der Waals surface area contributed by atoms with Crippen molar-refractivity contribution in [2.45, 2.75) is 20.8 Å². The van der Waals surface area contributed by atoms with Gasteiger partial charge in [-0.15, -0.1) is 0 Å². The first-order chi connectivity index (χ1) is 7.91. The summed E-state index contributed by atoms with van der Waals surface area (Å²) in [7, 11) is 1.56. The largest absolute Gasteiger partial charge is 0.367 e. The van der Waals surface area contributed by atoms with Crippen molar-refractivity contribution in [1.29, 1.82) is 0 Å². The number of aromatic nitrogens is 1. The highest BCUT2D eigenvalue weighted by atomic mass is 16.5. The summed E-state index contributed by atoms with van der Waals surface area (Å²) in [6.07, 6.45) is 0. The molecule has 90 valence electrons. The molecular formula is C13H16N2O2. The Labute approximate surface area is 99.6 Å². The summed E-state index contributed by atoms with van der Waals surface area (Å²) >= 11 is 0. The Hall–Kier alpha value is -1.97. The zero-order chi connectivity index (χ0) is 12.7. The fourth-order valence-corrected chi connectivity index (χ4v) is 2.30. The van der Waals surface area contributed by atoms with E-state index in [-0.39, 0.29) is 11.4 Å². The number of nitrogen functional groups attached to an aromatic ring is 1. The van der Waals surface area contributed by atoms with Crippen LogP contribution in [-0.2, 0) is 7.05 Å². The van der Waals surface area contributed by atoms with Crippen molar-refractivity contribution in [3.63, 3.8) is 0 Å². The molecule has 0 aliphatic heterocycles. The Morgan fingerprint density at radius 3 is 2.06 bits per heavy atom. The topological polar surface area (TPSA) is 61.2 Å². The lowest BCUT2D eigenvalue weighted by Crippen LogP contribution is -2.12. The van der Waals surface area contributed by atoms with Crippen LogP contribution < -0.4 is 11.3 Å². The van der Waals surface area contributed by atoms with Crippen molar-refractivity contribution in [1.82, 2.24) is 4.74 Å². The number of anilines is 1. The fourth-order valence-electron chi connectivity index (χ4n) is 2.30. The minimum absolute atomic E-state index is 0.174.